The highest BCUT2D eigenvalue weighted by atomic mass is 32.1. The van der Waals surface area contributed by atoms with Gasteiger partial charge in [0.05, 0.1) is 19.9 Å². The number of aromatic nitrogens is 1. The molecular formula is C19H19NO2S. The van der Waals surface area contributed by atoms with Gasteiger partial charge in [0.15, 0.2) is 0 Å². The van der Waals surface area contributed by atoms with Crippen LogP contribution in [0.2, 0.25) is 0 Å². The molecule has 1 aromatic heterocycles. The number of hydrogen-bond donors (Lipinski definition) is 0. The van der Waals surface area contributed by atoms with Gasteiger partial charge < -0.3 is 9.47 Å². The second-order valence-corrected chi connectivity index (χ2v) is 6.28. The molecule has 0 radical (unpaired) electrons. The van der Waals surface area contributed by atoms with Crippen LogP contribution >= 0.6 is 11.3 Å². The molecule has 0 amide bonds. The fourth-order valence-corrected chi connectivity index (χ4v) is 3.49. The summed E-state index contributed by atoms with van der Waals surface area (Å²) in [6.07, 6.45) is 0. The summed E-state index contributed by atoms with van der Waals surface area (Å²) in [6.45, 7) is 4.23. The van der Waals surface area contributed by atoms with E-state index in [4.69, 9.17) is 14.5 Å². The standard InChI is InChI=1S/C19H19NO2S/c1-12-5-7-15(13(2)9-12)19-20-17(11-23-19)16-8-6-14(21-3)10-18(16)22-4/h5-11H,1-4H3. The lowest BCUT2D eigenvalue weighted by Crippen LogP contribution is -1.91. The fourth-order valence-electron chi connectivity index (χ4n) is 2.58. The quantitative estimate of drug-likeness (QED) is 0.668. The van der Waals surface area contributed by atoms with Gasteiger partial charge in [-0.1, -0.05) is 23.8 Å². The first-order valence-corrected chi connectivity index (χ1v) is 8.26. The van der Waals surface area contributed by atoms with E-state index in [2.05, 4.69) is 37.4 Å². The first-order valence-electron chi connectivity index (χ1n) is 7.38. The second-order valence-electron chi connectivity index (χ2n) is 5.42. The zero-order valence-electron chi connectivity index (χ0n) is 13.7. The van der Waals surface area contributed by atoms with Gasteiger partial charge in [-0.15, -0.1) is 11.3 Å². The molecule has 0 aliphatic heterocycles. The van der Waals surface area contributed by atoms with Gasteiger partial charge in [-0.2, -0.15) is 0 Å². The van der Waals surface area contributed by atoms with Gasteiger partial charge in [0.25, 0.3) is 0 Å². The van der Waals surface area contributed by atoms with Gasteiger partial charge >= 0.3 is 0 Å². The third kappa shape index (κ3) is 3.08. The van der Waals surface area contributed by atoms with E-state index in [0.717, 1.165) is 27.8 Å². The Hall–Kier alpha value is -2.33. The largest absolute Gasteiger partial charge is 0.497 e. The number of aryl methyl sites for hydroxylation is 2. The van der Waals surface area contributed by atoms with Crippen LogP contribution in [0, 0.1) is 13.8 Å². The highest BCUT2D eigenvalue weighted by Gasteiger charge is 2.13. The maximum Gasteiger partial charge on any atom is 0.131 e. The van der Waals surface area contributed by atoms with Gasteiger partial charge in [-0.05, 0) is 31.5 Å². The van der Waals surface area contributed by atoms with Crippen LogP contribution in [0.1, 0.15) is 11.1 Å². The Labute approximate surface area is 140 Å². The molecular weight excluding hydrogens is 306 g/mol. The summed E-state index contributed by atoms with van der Waals surface area (Å²) >= 11 is 1.65. The molecule has 0 aliphatic carbocycles. The lowest BCUT2D eigenvalue weighted by molar-refractivity contribution is 0.395. The molecule has 118 valence electrons. The van der Waals surface area contributed by atoms with E-state index >= 15 is 0 Å². The summed E-state index contributed by atoms with van der Waals surface area (Å²) in [5.74, 6) is 1.54. The number of methoxy groups -OCH3 is 2. The van der Waals surface area contributed by atoms with E-state index in [1.807, 2.05) is 18.2 Å². The molecule has 0 saturated heterocycles. The number of nitrogens with zero attached hydrogens (tertiary/aromatic N) is 1. The zero-order valence-corrected chi connectivity index (χ0v) is 14.5. The summed E-state index contributed by atoms with van der Waals surface area (Å²) < 4.78 is 10.7. The van der Waals surface area contributed by atoms with Gasteiger partial charge in [-0.3, -0.25) is 0 Å². The van der Waals surface area contributed by atoms with E-state index < -0.39 is 0 Å². The van der Waals surface area contributed by atoms with Crippen molar-refractivity contribution in [3.63, 3.8) is 0 Å². The van der Waals surface area contributed by atoms with Crippen molar-refractivity contribution in [2.24, 2.45) is 0 Å². The summed E-state index contributed by atoms with van der Waals surface area (Å²) in [5, 5.41) is 3.09. The smallest absolute Gasteiger partial charge is 0.131 e. The van der Waals surface area contributed by atoms with E-state index in [0.29, 0.717) is 0 Å². The Morgan fingerprint density at radius 1 is 0.913 bits per heavy atom. The highest BCUT2D eigenvalue weighted by molar-refractivity contribution is 7.13. The molecule has 0 atom stereocenters. The topological polar surface area (TPSA) is 31.4 Å². The predicted octanol–water partition coefficient (Wildman–Crippen LogP) is 5.11. The van der Waals surface area contributed by atoms with Crippen molar-refractivity contribution in [2.75, 3.05) is 14.2 Å². The molecule has 23 heavy (non-hydrogen) atoms. The fraction of sp³-hybridized carbons (Fsp3) is 0.211. The van der Waals surface area contributed by atoms with E-state index in [1.165, 1.54) is 16.7 Å². The lowest BCUT2D eigenvalue weighted by atomic mass is 10.1. The molecule has 0 spiro atoms. The van der Waals surface area contributed by atoms with Gasteiger partial charge in [0.1, 0.15) is 16.5 Å². The minimum Gasteiger partial charge on any atom is -0.497 e. The molecule has 0 bridgehead atoms. The first-order chi connectivity index (χ1) is 11.1. The van der Waals surface area contributed by atoms with Crippen LogP contribution in [0.15, 0.2) is 41.8 Å². The number of rotatable bonds is 4. The molecule has 1 heterocycles. The minimum atomic E-state index is 0.766. The van der Waals surface area contributed by atoms with Crippen LogP contribution < -0.4 is 9.47 Å². The molecule has 0 fully saturated rings. The Morgan fingerprint density at radius 2 is 1.70 bits per heavy atom. The van der Waals surface area contributed by atoms with Crippen molar-refractivity contribution in [3.8, 4) is 33.3 Å². The first kappa shape index (κ1) is 15.6. The average Bonchev–Trinajstić information content (AvgIpc) is 3.03. The average molecular weight is 325 g/mol. The second kappa shape index (κ2) is 6.42. The molecule has 2 aromatic carbocycles. The van der Waals surface area contributed by atoms with E-state index in [1.54, 1.807) is 25.6 Å². The highest BCUT2D eigenvalue weighted by Crippen LogP contribution is 2.36. The van der Waals surface area contributed by atoms with E-state index in [9.17, 15) is 0 Å². The Balaban J connectivity index is 2.02. The molecule has 0 aliphatic rings. The molecule has 3 nitrogen and oxygen atoms in total. The number of ether oxygens (including phenoxy) is 2. The molecule has 0 saturated carbocycles. The molecule has 3 aromatic rings. The van der Waals surface area contributed by atoms with Crippen LogP contribution in [0.3, 0.4) is 0 Å². The summed E-state index contributed by atoms with van der Waals surface area (Å²) in [6, 6.07) is 12.2. The van der Waals surface area contributed by atoms with Crippen molar-refractivity contribution >= 4 is 11.3 Å². The summed E-state index contributed by atoms with van der Waals surface area (Å²) in [5.41, 5.74) is 5.58. The van der Waals surface area contributed by atoms with Crippen molar-refractivity contribution < 1.29 is 9.47 Å². The normalized spacial score (nSPS) is 10.6. The number of thiazole rings is 1. The zero-order chi connectivity index (χ0) is 16.4. The van der Waals surface area contributed by atoms with Crippen molar-refractivity contribution in [1.29, 1.82) is 0 Å². The van der Waals surface area contributed by atoms with Crippen molar-refractivity contribution in [1.82, 2.24) is 4.98 Å². The third-order valence-electron chi connectivity index (χ3n) is 3.80. The van der Waals surface area contributed by atoms with E-state index in [-0.39, 0.29) is 0 Å². The van der Waals surface area contributed by atoms with Crippen LogP contribution in [-0.4, -0.2) is 19.2 Å². The van der Waals surface area contributed by atoms with Gasteiger partial charge in [0, 0.05) is 22.6 Å². The van der Waals surface area contributed by atoms with Crippen LogP contribution in [0.5, 0.6) is 11.5 Å². The molecule has 3 rings (SSSR count). The van der Waals surface area contributed by atoms with Crippen molar-refractivity contribution in [3.05, 3.63) is 52.9 Å². The van der Waals surface area contributed by atoms with Crippen molar-refractivity contribution in [2.45, 2.75) is 13.8 Å². The SMILES string of the molecule is COc1ccc(-c2csc(-c3ccc(C)cc3C)n2)c(OC)c1. The monoisotopic (exact) mass is 325 g/mol. The maximum atomic E-state index is 5.48. The summed E-state index contributed by atoms with van der Waals surface area (Å²) in [7, 11) is 3.31. The van der Waals surface area contributed by atoms with Gasteiger partial charge in [0.2, 0.25) is 0 Å². The van der Waals surface area contributed by atoms with Crippen LogP contribution in [0.25, 0.3) is 21.8 Å². The number of hydrogen-bond acceptors (Lipinski definition) is 4. The molecule has 4 heteroatoms. The van der Waals surface area contributed by atoms with Crippen LogP contribution in [-0.2, 0) is 0 Å². The lowest BCUT2D eigenvalue weighted by Gasteiger charge is -2.08. The Bertz CT molecular complexity index is 839. The molecule has 0 unspecified atom stereocenters. The van der Waals surface area contributed by atoms with Gasteiger partial charge in [-0.25, -0.2) is 4.98 Å². The van der Waals surface area contributed by atoms with Crippen LogP contribution in [0.4, 0.5) is 0 Å². The maximum absolute atomic E-state index is 5.48. The molecule has 0 N–H and O–H groups in total. The predicted molar refractivity (Wildman–Crippen MR) is 95.6 cm³/mol. The Morgan fingerprint density at radius 3 is 2.39 bits per heavy atom. The minimum absolute atomic E-state index is 0.766. The Kier molecular flexibility index (Phi) is 4.35. The third-order valence-corrected chi connectivity index (χ3v) is 4.68. The summed E-state index contributed by atoms with van der Waals surface area (Å²) in [4.78, 5) is 4.80. The number of benzene rings is 2.